The molecule has 0 radical (unpaired) electrons. The van der Waals surface area contributed by atoms with Gasteiger partial charge in [-0.1, -0.05) is 30.3 Å². The Kier molecular flexibility index (Phi) is 2.91. The first-order chi connectivity index (χ1) is 9.62. The molecule has 0 bridgehead atoms. The van der Waals surface area contributed by atoms with Gasteiger partial charge in [0, 0.05) is 0 Å². The zero-order valence-electron chi connectivity index (χ0n) is 11.5. The van der Waals surface area contributed by atoms with Gasteiger partial charge in [0.25, 0.3) is 0 Å². The fourth-order valence-electron chi connectivity index (χ4n) is 2.99. The molecule has 106 valence electrons. The molecule has 0 N–H and O–H groups in total. The SMILES string of the molecule is CC1(C)OC2OC3COB(c4ccccc4)OC3C2O1. The zero-order valence-corrected chi connectivity index (χ0v) is 11.5. The van der Waals surface area contributed by atoms with Crippen LogP contribution in [0.3, 0.4) is 0 Å². The molecular weight excluding hydrogens is 259 g/mol. The van der Waals surface area contributed by atoms with E-state index in [0.29, 0.717) is 6.61 Å². The molecule has 0 aromatic heterocycles. The fraction of sp³-hybridized carbons (Fsp3) is 0.571. The Hall–Kier alpha value is -0.915. The maximum atomic E-state index is 6.05. The highest BCUT2D eigenvalue weighted by atomic mass is 16.8. The first-order valence-electron chi connectivity index (χ1n) is 6.95. The molecule has 20 heavy (non-hydrogen) atoms. The third kappa shape index (κ3) is 2.08. The highest BCUT2D eigenvalue weighted by Gasteiger charge is 2.57. The fourth-order valence-corrected chi connectivity index (χ4v) is 2.99. The van der Waals surface area contributed by atoms with Gasteiger partial charge in [0.1, 0.15) is 18.3 Å². The minimum Gasteiger partial charge on any atom is -0.404 e. The largest absolute Gasteiger partial charge is 0.494 e. The summed E-state index contributed by atoms with van der Waals surface area (Å²) in [6.07, 6.45) is -0.829. The quantitative estimate of drug-likeness (QED) is 0.706. The summed E-state index contributed by atoms with van der Waals surface area (Å²) in [7, 11) is -0.368. The van der Waals surface area contributed by atoms with Crippen LogP contribution in [-0.2, 0) is 23.5 Å². The van der Waals surface area contributed by atoms with Gasteiger partial charge in [0.15, 0.2) is 12.1 Å². The van der Waals surface area contributed by atoms with Crippen molar-refractivity contribution in [2.24, 2.45) is 0 Å². The minimum atomic E-state index is -0.621. The number of benzene rings is 1. The van der Waals surface area contributed by atoms with Gasteiger partial charge in [-0.3, -0.25) is 0 Å². The topological polar surface area (TPSA) is 46.2 Å². The van der Waals surface area contributed by atoms with Crippen molar-refractivity contribution in [1.82, 2.24) is 0 Å². The van der Waals surface area contributed by atoms with Crippen LogP contribution in [0.25, 0.3) is 0 Å². The lowest BCUT2D eigenvalue weighted by molar-refractivity contribution is -0.221. The van der Waals surface area contributed by atoms with E-state index in [1.165, 1.54) is 0 Å². The van der Waals surface area contributed by atoms with E-state index in [0.717, 1.165) is 5.46 Å². The molecule has 4 rings (SSSR count). The van der Waals surface area contributed by atoms with E-state index in [2.05, 4.69) is 0 Å². The maximum absolute atomic E-state index is 6.05. The number of fused-ring (bicyclic) bond motifs is 3. The molecule has 3 heterocycles. The van der Waals surface area contributed by atoms with Crippen molar-refractivity contribution in [2.45, 2.75) is 44.2 Å². The zero-order chi connectivity index (χ0) is 13.7. The van der Waals surface area contributed by atoms with Crippen molar-refractivity contribution in [1.29, 1.82) is 0 Å². The van der Waals surface area contributed by atoms with Gasteiger partial charge < -0.3 is 23.5 Å². The molecule has 1 aromatic carbocycles. The lowest BCUT2D eigenvalue weighted by Crippen LogP contribution is -2.53. The summed E-state index contributed by atoms with van der Waals surface area (Å²) in [5, 5.41) is 0. The summed E-state index contributed by atoms with van der Waals surface area (Å²) in [5.74, 6) is -0.621. The lowest BCUT2D eigenvalue weighted by atomic mass is 9.77. The summed E-state index contributed by atoms with van der Waals surface area (Å²) in [5.41, 5.74) is 1.01. The van der Waals surface area contributed by atoms with Crippen molar-refractivity contribution in [2.75, 3.05) is 6.61 Å². The molecule has 3 aliphatic heterocycles. The van der Waals surface area contributed by atoms with Crippen molar-refractivity contribution < 1.29 is 23.5 Å². The molecule has 1 aromatic rings. The Bertz CT molecular complexity index is 494. The van der Waals surface area contributed by atoms with Crippen molar-refractivity contribution in [3.8, 4) is 0 Å². The summed E-state index contributed by atoms with van der Waals surface area (Å²) in [6, 6.07) is 9.91. The molecule has 3 saturated heterocycles. The Balaban J connectivity index is 1.53. The molecule has 5 nitrogen and oxygen atoms in total. The monoisotopic (exact) mass is 276 g/mol. The van der Waals surface area contributed by atoms with Crippen LogP contribution in [-0.4, -0.2) is 44.1 Å². The van der Waals surface area contributed by atoms with E-state index in [4.69, 9.17) is 23.5 Å². The summed E-state index contributed by atoms with van der Waals surface area (Å²) in [6.45, 7) is 4.26. The van der Waals surface area contributed by atoms with Crippen LogP contribution in [0, 0.1) is 0 Å². The predicted octanol–water partition coefficient (Wildman–Crippen LogP) is 0.674. The van der Waals surface area contributed by atoms with Crippen LogP contribution >= 0.6 is 0 Å². The minimum absolute atomic E-state index is 0.124. The van der Waals surface area contributed by atoms with E-state index in [1.807, 2.05) is 44.2 Å². The van der Waals surface area contributed by atoms with E-state index in [-0.39, 0.29) is 31.7 Å². The number of hydrogen-bond donors (Lipinski definition) is 0. The van der Waals surface area contributed by atoms with Crippen molar-refractivity contribution >= 4 is 12.6 Å². The molecule has 0 spiro atoms. The highest BCUT2D eigenvalue weighted by Crippen LogP contribution is 2.40. The molecule has 4 unspecified atom stereocenters. The van der Waals surface area contributed by atoms with Gasteiger partial charge in [-0.2, -0.15) is 0 Å². The van der Waals surface area contributed by atoms with Crippen LogP contribution in [0.4, 0.5) is 0 Å². The first-order valence-corrected chi connectivity index (χ1v) is 6.95. The van der Waals surface area contributed by atoms with Crippen LogP contribution < -0.4 is 5.46 Å². The standard InChI is InChI=1S/C14H17BO5/c1-14(2)18-12-11-10(17-13(12)19-14)8-16-15(20-11)9-6-4-3-5-7-9/h3-7,10-13H,8H2,1-2H3. The van der Waals surface area contributed by atoms with Crippen molar-refractivity contribution in [3.05, 3.63) is 30.3 Å². The van der Waals surface area contributed by atoms with E-state index in [9.17, 15) is 0 Å². The molecule has 4 atom stereocenters. The third-order valence-electron chi connectivity index (χ3n) is 3.85. The lowest BCUT2D eigenvalue weighted by Gasteiger charge is -2.32. The molecule has 3 fully saturated rings. The Morgan fingerprint density at radius 1 is 1.10 bits per heavy atom. The number of hydrogen-bond acceptors (Lipinski definition) is 5. The Morgan fingerprint density at radius 3 is 2.70 bits per heavy atom. The molecule has 0 saturated carbocycles. The van der Waals surface area contributed by atoms with E-state index < -0.39 is 5.79 Å². The van der Waals surface area contributed by atoms with Gasteiger partial charge >= 0.3 is 7.12 Å². The van der Waals surface area contributed by atoms with Crippen LogP contribution in [0.2, 0.25) is 0 Å². The summed E-state index contributed by atoms with van der Waals surface area (Å²) in [4.78, 5) is 0. The summed E-state index contributed by atoms with van der Waals surface area (Å²) < 4.78 is 29.2. The van der Waals surface area contributed by atoms with E-state index >= 15 is 0 Å². The second kappa shape index (κ2) is 4.54. The summed E-state index contributed by atoms with van der Waals surface area (Å²) >= 11 is 0. The van der Waals surface area contributed by atoms with Gasteiger partial charge in [-0.05, 0) is 19.3 Å². The van der Waals surface area contributed by atoms with Crippen molar-refractivity contribution in [3.63, 3.8) is 0 Å². The second-order valence-electron chi connectivity index (χ2n) is 5.82. The van der Waals surface area contributed by atoms with Crippen LogP contribution in [0.15, 0.2) is 30.3 Å². The van der Waals surface area contributed by atoms with Gasteiger partial charge in [0.2, 0.25) is 0 Å². The Labute approximate surface area is 118 Å². The maximum Gasteiger partial charge on any atom is 0.494 e. The second-order valence-corrected chi connectivity index (χ2v) is 5.82. The Morgan fingerprint density at radius 2 is 1.90 bits per heavy atom. The number of rotatable bonds is 1. The van der Waals surface area contributed by atoms with Gasteiger partial charge in [-0.25, -0.2) is 0 Å². The smallest absolute Gasteiger partial charge is 0.404 e. The first kappa shape index (κ1) is 12.8. The normalized spacial score (nSPS) is 38.6. The average Bonchev–Trinajstić information content (AvgIpc) is 2.91. The van der Waals surface area contributed by atoms with Crippen LogP contribution in [0.5, 0.6) is 0 Å². The molecular formula is C14H17BO5. The highest BCUT2D eigenvalue weighted by molar-refractivity contribution is 6.61. The molecule has 0 aliphatic carbocycles. The number of ether oxygens (including phenoxy) is 3. The molecule has 3 aliphatic rings. The average molecular weight is 276 g/mol. The third-order valence-corrected chi connectivity index (χ3v) is 3.85. The van der Waals surface area contributed by atoms with Gasteiger partial charge in [0.05, 0.1) is 6.61 Å². The van der Waals surface area contributed by atoms with Crippen LogP contribution in [0.1, 0.15) is 13.8 Å². The molecule has 0 amide bonds. The van der Waals surface area contributed by atoms with E-state index in [1.54, 1.807) is 0 Å². The van der Waals surface area contributed by atoms with Gasteiger partial charge in [-0.15, -0.1) is 0 Å². The molecule has 6 heteroatoms. The predicted molar refractivity (Wildman–Crippen MR) is 71.4 cm³/mol.